The summed E-state index contributed by atoms with van der Waals surface area (Å²) in [6.07, 6.45) is 3.34. The van der Waals surface area contributed by atoms with Crippen molar-refractivity contribution in [1.29, 1.82) is 0 Å². The van der Waals surface area contributed by atoms with E-state index in [9.17, 15) is 4.79 Å². The number of amides is 2. The molecule has 0 unspecified atom stereocenters. The van der Waals surface area contributed by atoms with E-state index in [4.69, 9.17) is 0 Å². The molecule has 0 heterocycles. The van der Waals surface area contributed by atoms with Crippen LogP contribution >= 0.6 is 15.9 Å². The summed E-state index contributed by atoms with van der Waals surface area (Å²) in [4.78, 5) is 12.0. The van der Waals surface area contributed by atoms with Gasteiger partial charge in [-0.2, -0.15) is 5.10 Å². The quantitative estimate of drug-likeness (QED) is 0.577. The summed E-state index contributed by atoms with van der Waals surface area (Å²) in [5.74, 6) is 0. The van der Waals surface area contributed by atoms with Crippen LogP contribution in [0.3, 0.4) is 0 Å². The summed E-state index contributed by atoms with van der Waals surface area (Å²) >= 11 is 3.38. The summed E-state index contributed by atoms with van der Waals surface area (Å²) in [7, 11) is 0. The van der Waals surface area contributed by atoms with Crippen molar-refractivity contribution in [1.82, 2.24) is 5.43 Å². The van der Waals surface area contributed by atoms with Crippen molar-refractivity contribution in [3.8, 4) is 0 Å². The Bertz CT molecular complexity index is 674. The van der Waals surface area contributed by atoms with Crippen LogP contribution in [0.4, 0.5) is 10.5 Å². The first-order valence-electron chi connectivity index (χ1n) is 7.60. The molecule has 0 atom stereocenters. The largest absolute Gasteiger partial charge is 0.339 e. The molecule has 2 amide bonds. The van der Waals surface area contributed by atoms with Crippen LogP contribution in [0.1, 0.15) is 30.5 Å². The van der Waals surface area contributed by atoms with Gasteiger partial charge in [0.15, 0.2) is 0 Å². The van der Waals surface area contributed by atoms with E-state index in [2.05, 4.69) is 45.6 Å². The Labute approximate surface area is 145 Å². The lowest BCUT2D eigenvalue weighted by atomic mass is 10.0. The van der Waals surface area contributed by atoms with E-state index in [1.807, 2.05) is 42.5 Å². The number of benzene rings is 2. The Hall–Kier alpha value is -2.14. The molecule has 0 aliphatic rings. The van der Waals surface area contributed by atoms with E-state index in [0.717, 1.165) is 39.7 Å². The molecule has 0 radical (unpaired) electrons. The average molecular weight is 374 g/mol. The Morgan fingerprint density at radius 1 is 1.09 bits per heavy atom. The maximum Gasteiger partial charge on any atom is 0.339 e. The third kappa shape index (κ3) is 4.93. The van der Waals surface area contributed by atoms with Gasteiger partial charge in [0.1, 0.15) is 0 Å². The zero-order valence-corrected chi connectivity index (χ0v) is 14.9. The summed E-state index contributed by atoms with van der Waals surface area (Å²) in [6.45, 7) is 4.15. The highest BCUT2D eigenvalue weighted by Gasteiger charge is 2.09. The van der Waals surface area contributed by atoms with Gasteiger partial charge in [-0.25, -0.2) is 10.2 Å². The SMILES string of the molecule is CCc1cccc(CC)c1NC(=O)N/N=C/c1ccc(Br)cc1. The number of carbonyl (C=O) groups excluding carboxylic acids is 1. The molecular weight excluding hydrogens is 354 g/mol. The van der Waals surface area contributed by atoms with E-state index in [1.54, 1.807) is 6.21 Å². The monoisotopic (exact) mass is 373 g/mol. The van der Waals surface area contributed by atoms with E-state index < -0.39 is 0 Å². The van der Waals surface area contributed by atoms with Crippen molar-refractivity contribution in [2.75, 3.05) is 5.32 Å². The smallest absolute Gasteiger partial charge is 0.306 e. The van der Waals surface area contributed by atoms with E-state index in [0.29, 0.717) is 0 Å². The van der Waals surface area contributed by atoms with Gasteiger partial charge in [0.2, 0.25) is 0 Å². The maximum atomic E-state index is 12.0. The number of carbonyl (C=O) groups is 1. The molecule has 2 aromatic rings. The predicted molar refractivity (Wildman–Crippen MR) is 99.1 cm³/mol. The number of hydrazone groups is 1. The molecule has 0 aliphatic carbocycles. The van der Waals surface area contributed by atoms with Gasteiger partial charge in [0.25, 0.3) is 0 Å². The predicted octanol–water partition coefficient (Wildman–Crippen LogP) is 4.73. The third-order valence-electron chi connectivity index (χ3n) is 3.49. The highest BCUT2D eigenvalue weighted by molar-refractivity contribution is 9.10. The van der Waals surface area contributed by atoms with Crippen molar-refractivity contribution < 1.29 is 4.79 Å². The lowest BCUT2D eigenvalue weighted by Gasteiger charge is -2.13. The van der Waals surface area contributed by atoms with Crippen LogP contribution in [0.5, 0.6) is 0 Å². The van der Waals surface area contributed by atoms with Crippen LogP contribution in [-0.4, -0.2) is 12.2 Å². The number of rotatable bonds is 5. The van der Waals surface area contributed by atoms with E-state index >= 15 is 0 Å². The van der Waals surface area contributed by atoms with Gasteiger partial charge in [-0.3, -0.25) is 0 Å². The van der Waals surface area contributed by atoms with Crippen LogP contribution in [0.2, 0.25) is 0 Å². The number of nitrogens with one attached hydrogen (secondary N) is 2. The zero-order chi connectivity index (χ0) is 16.7. The first-order valence-corrected chi connectivity index (χ1v) is 8.39. The number of halogens is 1. The highest BCUT2D eigenvalue weighted by Crippen LogP contribution is 2.22. The van der Waals surface area contributed by atoms with Gasteiger partial charge in [0.05, 0.1) is 6.21 Å². The number of nitrogens with zero attached hydrogens (tertiary/aromatic N) is 1. The summed E-state index contributed by atoms with van der Waals surface area (Å²) in [5.41, 5.74) is 6.54. The number of aryl methyl sites for hydroxylation is 2. The molecule has 2 N–H and O–H groups in total. The van der Waals surface area contributed by atoms with Crippen LogP contribution in [0.15, 0.2) is 52.0 Å². The minimum Gasteiger partial charge on any atom is -0.306 e. The molecule has 0 fully saturated rings. The maximum absolute atomic E-state index is 12.0. The number of hydrogen-bond donors (Lipinski definition) is 2. The molecule has 0 aliphatic heterocycles. The molecule has 0 aromatic heterocycles. The van der Waals surface area contributed by atoms with Crippen LogP contribution in [-0.2, 0) is 12.8 Å². The van der Waals surface area contributed by atoms with Crippen molar-refractivity contribution in [3.63, 3.8) is 0 Å². The van der Waals surface area contributed by atoms with Crippen molar-refractivity contribution in [3.05, 3.63) is 63.6 Å². The number of anilines is 1. The third-order valence-corrected chi connectivity index (χ3v) is 4.02. The molecule has 2 aromatic carbocycles. The summed E-state index contributed by atoms with van der Waals surface area (Å²) in [5, 5.41) is 6.88. The Balaban J connectivity index is 2.01. The minimum absolute atomic E-state index is 0.339. The van der Waals surface area contributed by atoms with Gasteiger partial charge >= 0.3 is 6.03 Å². The molecule has 0 spiro atoms. The van der Waals surface area contributed by atoms with Gasteiger partial charge < -0.3 is 5.32 Å². The molecule has 23 heavy (non-hydrogen) atoms. The highest BCUT2D eigenvalue weighted by atomic mass is 79.9. The van der Waals surface area contributed by atoms with E-state index in [1.165, 1.54) is 0 Å². The minimum atomic E-state index is -0.339. The lowest BCUT2D eigenvalue weighted by Crippen LogP contribution is -2.25. The van der Waals surface area contributed by atoms with Gasteiger partial charge in [-0.1, -0.05) is 60.1 Å². The van der Waals surface area contributed by atoms with Gasteiger partial charge in [0, 0.05) is 10.2 Å². The standard InChI is InChI=1S/C18H20BrN3O/c1-3-14-6-5-7-15(4-2)17(14)21-18(23)22-20-12-13-8-10-16(19)11-9-13/h5-12H,3-4H2,1-2H3,(H2,21,22,23)/b20-12+. The van der Waals surface area contributed by atoms with Crippen molar-refractivity contribution in [2.45, 2.75) is 26.7 Å². The van der Waals surface area contributed by atoms with Crippen molar-refractivity contribution >= 4 is 33.9 Å². The Morgan fingerprint density at radius 3 is 2.26 bits per heavy atom. The molecular formula is C18H20BrN3O. The molecule has 0 bridgehead atoms. The van der Waals surface area contributed by atoms with Gasteiger partial charge in [-0.15, -0.1) is 0 Å². The molecule has 2 rings (SSSR count). The fraction of sp³-hybridized carbons (Fsp3) is 0.222. The normalized spacial score (nSPS) is 10.7. The first-order chi connectivity index (χ1) is 11.1. The number of para-hydroxylation sites is 1. The topological polar surface area (TPSA) is 53.5 Å². The Morgan fingerprint density at radius 2 is 1.70 bits per heavy atom. The van der Waals surface area contributed by atoms with Crippen LogP contribution in [0, 0.1) is 0 Å². The van der Waals surface area contributed by atoms with Gasteiger partial charge in [-0.05, 0) is 41.7 Å². The Kier molecular flexibility index (Phi) is 6.35. The number of hydrogen-bond acceptors (Lipinski definition) is 2. The van der Waals surface area contributed by atoms with Crippen LogP contribution in [0.25, 0.3) is 0 Å². The second-order valence-electron chi connectivity index (χ2n) is 5.03. The number of urea groups is 1. The first kappa shape index (κ1) is 17.2. The fourth-order valence-electron chi connectivity index (χ4n) is 2.26. The van der Waals surface area contributed by atoms with Crippen LogP contribution < -0.4 is 10.7 Å². The second kappa shape index (κ2) is 8.48. The molecule has 5 heteroatoms. The van der Waals surface area contributed by atoms with E-state index in [-0.39, 0.29) is 6.03 Å². The average Bonchev–Trinajstić information content (AvgIpc) is 2.57. The molecule has 0 saturated heterocycles. The molecule has 4 nitrogen and oxygen atoms in total. The van der Waals surface area contributed by atoms with Crippen molar-refractivity contribution in [2.24, 2.45) is 5.10 Å². The second-order valence-corrected chi connectivity index (χ2v) is 5.95. The lowest BCUT2D eigenvalue weighted by molar-refractivity contribution is 0.252. The molecule has 0 saturated carbocycles. The summed E-state index contributed by atoms with van der Waals surface area (Å²) in [6, 6.07) is 13.4. The summed E-state index contributed by atoms with van der Waals surface area (Å²) < 4.78 is 1.00. The fourth-order valence-corrected chi connectivity index (χ4v) is 2.52. The molecule has 120 valence electrons. The zero-order valence-electron chi connectivity index (χ0n) is 13.3.